The van der Waals surface area contributed by atoms with Gasteiger partial charge >= 0.3 is 0 Å². The average Bonchev–Trinajstić information content (AvgIpc) is 3.07. The summed E-state index contributed by atoms with van der Waals surface area (Å²) in [6.07, 6.45) is 2.57. The van der Waals surface area contributed by atoms with Gasteiger partial charge in [0.2, 0.25) is 0 Å². The highest BCUT2D eigenvalue weighted by Gasteiger charge is 2.27. The topological polar surface area (TPSA) is 56.7 Å². The molecule has 0 spiro atoms. The number of nitrogen functional groups attached to an aromatic ring is 1. The largest absolute Gasteiger partial charge is 0.384 e. The predicted octanol–water partition coefficient (Wildman–Crippen LogP) is 3.16. The van der Waals surface area contributed by atoms with Crippen LogP contribution in [0.3, 0.4) is 0 Å². The molecule has 2 N–H and O–H groups in total. The number of aromatic nitrogens is 3. The van der Waals surface area contributed by atoms with E-state index < -0.39 is 0 Å². The number of nitrogens with two attached hydrogens (primary N) is 1. The highest BCUT2D eigenvalue weighted by molar-refractivity contribution is 7.18. The number of para-hydroxylation sites is 1. The fraction of sp³-hybridized carbons (Fsp3) is 0.286. The maximum Gasteiger partial charge on any atom is 0.121 e. The summed E-state index contributed by atoms with van der Waals surface area (Å²) in [7, 11) is 1.86. The van der Waals surface area contributed by atoms with Crippen LogP contribution < -0.4 is 5.73 Å². The molecule has 0 saturated heterocycles. The van der Waals surface area contributed by atoms with Crippen molar-refractivity contribution < 1.29 is 0 Å². The molecule has 3 aromatic rings. The highest BCUT2D eigenvalue weighted by atomic mass is 32.1. The van der Waals surface area contributed by atoms with Gasteiger partial charge in [-0.1, -0.05) is 12.1 Å². The molecule has 19 heavy (non-hydrogen) atoms. The molecule has 0 radical (unpaired) electrons. The molecule has 2 heterocycles. The van der Waals surface area contributed by atoms with Crippen molar-refractivity contribution in [2.75, 3.05) is 5.73 Å². The molecule has 0 atom stereocenters. The standard InChI is InChI=1S/C14H14N4S/c1-18-12(15)7-10(17-18)9-3-2-4-11-13(9)16-14(19-11)8-5-6-8/h2-4,7-8H,5-6,15H2,1H3. The maximum atomic E-state index is 5.87. The Morgan fingerprint density at radius 1 is 1.37 bits per heavy atom. The number of thiazole rings is 1. The fourth-order valence-electron chi connectivity index (χ4n) is 2.29. The Kier molecular flexibility index (Phi) is 2.20. The molecule has 2 aromatic heterocycles. The van der Waals surface area contributed by atoms with Crippen LogP contribution in [0.4, 0.5) is 5.82 Å². The molecule has 1 fully saturated rings. The van der Waals surface area contributed by atoms with E-state index in [9.17, 15) is 0 Å². The van der Waals surface area contributed by atoms with Gasteiger partial charge in [-0.05, 0) is 18.9 Å². The first-order valence-electron chi connectivity index (χ1n) is 6.42. The second-order valence-electron chi connectivity index (χ2n) is 5.06. The van der Waals surface area contributed by atoms with Gasteiger partial charge in [-0.3, -0.25) is 4.68 Å². The normalized spacial score (nSPS) is 15.2. The van der Waals surface area contributed by atoms with Crippen LogP contribution in [0.15, 0.2) is 24.3 Å². The number of benzene rings is 1. The molecule has 0 amide bonds. The van der Waals surface area contributed by atoms with Crippen molar-refractivity contribution in [1.82, 2.24) is 14.8 Å². The summed E-state index contributed by atoms with van der Waals surface area (Å²) in [5, 5.41) is 5.73. The van der Waals surface area contributed by atoms with Crippen LogP contribution in [0.25, 0.3) is 21.5 Å². The Balaban J connectivity index is 1.93. The van der Waals surface area contributed by atoms with Gasteiger partial charge in [0.05, 0.1) is 20.9 Å². The molecule has 1 aliphatic carbocycles. The summed E-state index contributed by atoms with van der Waals surface area (Å²) >= 11 is 1.81. The van der Waals surface area contributed by atoms with Crippen LogP contribution in [-0.2, 0) is 7.05 Å². The molecule has 0 aliphatic heterocycles. The lowest BCUT2D eigenvalue weighted by Gasteiger charge is -1.97. The van der Waals surface area contributed by atoms with Crippen molar-refractivity contribution in [3.63, 3.8) is 0 Å². The Morgan fingerprint density at radius 2 is 2.21 bits per heavy atom. The minimum Gasteiger partial charge on any atom is -0.384 e. The molecule has 4 nitrogen and oxygen atoms in total. The summed E-state index contributed by atoms with van der Waals surface area (Å²) in [6, 6.07) is 8.18. The van der Waals surface area contributed by atoms with Crippen LogP contribution >= 0.6 is 11.3 Å². The molecule has 1 aromatic carbocycles. The minimum atomic E-state index is 0.671. The first kappa shape index (κ1) is 11.0. The summed E-state index contributed by atoms with van der Waals surface area (Å²) in [6.45, 7) is 0. The van der Waals surface area contributed by atoms with Crippen molar-refractivity contribution in [1.29, 1.82) is 0 Å². The van der Waals surface area contributed by atoms with Gasteiger partial charge in [-0.25, -0.2) is 4.98 Å². The summed E-state index contributed by atoms with van der Waals surface area (Å²) < 4.78 is 2.94. The number of nitrogens with zero attached hydrogens (tertiary/aromatic N) is 3. The number of fused-ring (bicyclic) bond motifs is 1. The van der Waals surface area contributed by atoms with E-state index in [0.717, 1.165) is 16.8 Å². The lowest BCUT2D eigenvalue weighted by molar-refractivity contribution is 0.782. The predicted molar refractivity (Wildman–Crippen MR) is 78.2 cm³/mol. The van der Waals surface area contributed by atoms with Gasteiger partial charge in [0.15, 0.2) is 0 Å². The van der Waals surface area contributed by atoms with E-state index in [1.54, 1.807) is 4.68 Å². The summed E-state index contributed by atoms with van der Waals surface area (Å²) in [5.74, 6) is 1.36. The van der Waals surface area contributed by atoms with Crippen molar-refractivity contribution in [3.05, 3.63) is 29.3 Å². The third kappa shape index (κ3) is 1.73. The average molecular weight is 270 g/mol. The van der Waals surface area contributed by atoms with Crippen molar-refractivity contribution >= 4 is 27.4 Å². The van der Waals surface area contributed by atoms with Crippen LogP contribution in [0.5, 0.6) is 0 Å². The van der Waals surface area contributed by atoms with E-state index in [-0.39, 0.29) is 0 Å². The van der Waals surface area contributed by atoms with E-state index >= 15 is 0 Å². The molecule has 96 valence electrons. The monoisotopic (exact) mass is 270 g/mol. The van der Waals surface area contributed by atoms with Gasteiger partial charge in [-0.15, -0.1) is 11.3 Å². The SMILES string of the molecule is Cn1nc(-c2cccc3sc(C4CC4)nc23)cc1N. The second-order valence-corrected chi connectivity index (χ2v) is 6.12. The number of hydrogen-bond acceptors (Lipinski definition) is 4. The molecule has 0 unspecified atom stereocenters. The van der Waals surface area contributed by atoms with Crippen molar-refractivity contribution in [3.8, 4) is 11.3 Å². The Labute approximate surface area is 114 Å². The van der Waals surface area contributed by atoms with Gasteiger partial charge in [-0.2, -0.15) is 5.10 Å². The lowest BCUT2D eigenvalue weighted by atomic mass is 10.1. The maximum absolute atomic E-state index is 5.87. The first-order valence-corrected chi connectivity index (χ1v) is 7.23. The molecule has 1 saturated carbocycles. The van der Waals surface area contributed by atoms with Crippen LogP contribution in [0.2, 0.25) is 0 Å². The highest BCUT2D eigenvalue weighted by Crippen LogP contribution is 2.44. The Bertz CT molecular complexity index is 747. The summed E-state index contributed by atoms with van der Waals surface area (Å²) in [5.41, 5.74) is 8.91. The van der Waals surface area contributed by atoms with Gasteiger partial charge in [0.1, 0.15) is 5.82 Å². The number of hydrogen-bond donors (Lipinski definition) is 1. The fourth-order valence-corrected chi connectivity index (χ4v) is 3.45. The zero-order valence-corrected chi connectivity index (χ0v) is 11.4. The van der Waals surface area contributed by atoms with Gasteiger partial charge in [0, 0.05) is 24.6 Å². The molecular formula is C14H14N4S. The zero-order chi connectivity index (χ0) is 13.0. The molecule has 5 heteroatoms. The minimum absolute atomic E-state index is 0.671. The molecule has 4 rings (SSSR count). The van der Waals surface area contributed by atoms with Crippen LogP contribution in [-0.4, -0.2) is 14.8 Å². The van der Waals surface area contributed by atoms with Crippen LogP contribution in [0.1, 0.15) is 23.8 Å². The van der Waals surface area contributed by atoms with Crippen molar-refractivity contribution in [2.45, 2.75) is 18.8 Å². The van der Waals surface area contributed by atoms with E-state index in [2.05, 4.69) is 23.3 Å². The molecular weight excluding hydrogens is 256 g/mol. The zero-order valence-electron chi connectivity index (χ0n) is 10.6. The van der Waals surface area contributed by atoms with E-state index in [4.69, 9.17) is 10.7 Å². The Hall–Kier alpha value is -1.88. The van der Waals surface area contributed by atoms with Gasteiger partial charge in [0.25, 0.3) is 0 Å². The quantitative estimate of drug-likeness (QED) is 0.778. The molecule has 1 aliphatic rings. The summed E-state index contributed by atoms with van der Waals surface area (Å²) in [4.78, 5) is 4.82. The number of rotatable bonds is 2. The lowest BCUT2D eigenvalue weighted by Crippen LogP contribution is -1.96. The van der Waals surface area contributed by atoms with E-state index in [1.165, 1.54) is 22.5 Å². The number of aryl methyl sites for hydroxylation is 1. The van der Waals surface area contributed by atoms with Crippen molar-refractivity contribution in [2.24, 2.45) is 7.05 Å². The van der Waals surface area contributed by atoms with E-state index in [1.807, 2.05) is 24.5 Å². The smallest absolute Gasteiger partial charge is 0.121 e. The third-order valence-corrected chi connectivity index (χ3v) is 4.74. The van der Waals surface area contributed by atoms with Gasteiger partial charge < -0.3 is 5.73 Å². The molecule has 0 bridgehead atoms. The Morgan fingerprint density at radius 3 is 2.89 bits per heavy atom. The third-order valence-electron chi connectivity index (χ3n) is 3.55. The second kappa shape index (κ2) is 3.81. The van der Waals surface area contributed by atoms with Crippen LogP contribution in [0, 0.1) is 0 Å². The number of anilines is 1. The van der Waals surface area contributed by atoms with E-state index in [0.29, 0.717) is 11.7 Å². The first-order chi connectivity index (χ1) is 9.22.